The van der Waals surface area contributed by atoms with E-state index in [2.05, 4.69) is 27.5 Å². The van der Waals surface area contributed by atoms with Crippen molar-refractivity contribution in [2.75, 3.05) is 6.61 Å². The van der Waals surface area contributed by atoms with Gasteiger partial charge in [0.1, 0.15) is 5.69 Å². The molecule has 0 bridgehead atoms. The van der Waals surface area contributed by atoms with E-state index < -0.39 is 17.4 Å². The van der Waals surface area contributed by atoms with Gasteiger partial charge in [0, 0.05) is 12.0 Å². The summed E-state index contributed by atoms with van der Waals surface area (Å²) < 4.78 is 18.8. The zero-order valence-corrected chi connectivity index (χ0v) is 14.1. The van der Waals surface area contributed by atoms with E-state index in [1.807, 2.05) is 0 Å². The van der Waals surface area contributed by atoms with Crippen molar-refractivity contribution in [3.63, 3.8) is 0 Å². The average molecular weight is 357 g/mol. The summed E-state index contributed by atoms with van der Waals surface area (Å²) in [7, 11) is 0. The SMILES string of the molecule is CCOC(=O)C1(CC)CC(c2cc(N=C=S)c(F)cc2Cl)=NO1. The van der Waals surface area contributed by atoms with Crippen molar-refractivity contribution >= 4 is 46.3 Å². The first-order chi connectivity index (χ1) is 11.0. The Morgan fingerprint density at radius 1 is 1.61 bits per heavy atom. The molecule has 0 fully saturated rings. The number of nitrogens with zero attached hydrogens (tertiary/aromatic N) is 2. The van der Waals surface area contributed by atoms with Crippen molar-refractivity contribution in [3.8, 4) is 0 Å². The molecule has 0 aliphatic carbocycles. The van der Waals surface area contributed by atoms with Gasteiger partial charge in [0.25, 0.3) is 0 Å². The van der Waals surface area contributed by atoms with Gasteiger partial charge in [-0.3, -0.25) is 0 Å². The van der Waals surface area contributed by atoms with Gasteiger partial charge >= 0.3 is 5.97 Å². The predicted octanol–water partition coefficient (Wildman–Crippen LogP) is 4.05. The van der Waals surface area contributed by atoms with Crippen molar-refractivity contribution in [2.45, 2.75) is 32.3 Å². The lowest BCUT2D eigenvalue weighted by Gasteiger charge is -2.22. The largest absolute Gasteiger partial charge is 0.463 e. The van der Waals surface area contributed by atoms with Gasteiger partial charge in [0.2, 0.25) is 5.60 Å². The summed E-state index contributed by atoms with van der Waals surface area (Å²) in [6, 6.07) is 2.51. The summed E-state index contributed by atoms with van der Waals surface area (Å²) in [5.74, 6) is -1.11. The molecule has 1 unspecified atom stereocenters. The fourth-order valence-electron chi connectivity index (χ4n) is 2.22. The van der Waals surface area contributed by atoms with E-state index >= 15 is 0 Å². The second-order valence-electron chi connectivity index (χ2n) is 4.86. The third-order valence-electron chi connectivity index (χ3n) is 3.52. The molecule has 0 aromatic heterocycles. The summed E-state index contributed by atoms with van der Waals surface area (Å²) in [6.07, 6.45) is 0.553. The Hall–Kier alpha value is -1.82. The third kappa shape index (κ3) is 3.42. The smallest absolute Gasteiger partial charge is 0.353 e. The van der Waals surface area contributed by atoms with Crippen LogP contribution < -0.4 is 0 Å². The molecule has 0 spiro atoms. The molecule has 1 heterocycles. The number of oxime groups is 1. The normalized spacial score (nSPS) is 19.6. The minimum absolute atomic E-state index is 0.00719. The van der Waals surface area contributed by atoms with E-state index in [4.69, 9.17) is 21.2 Å². The lowest BCUT2D eigenvalue weighted by atomic mass is 9.91. The molecule has 1 aliphatic rings. The summed E-state index contributed by atoms with van der Waals surface area (Å²) >= 11 is 10.6. The topological polar surface area (TPSA) is 60.2 Å². The third-order valence-corrected chi connectivity index (χ3v) is 3.92. The molecule has 0 N–H and O–H groups in total. The van der Waals surface area contributed by atoms with Crippen molar-refractivity contribution in [2.24, 2.45) is 10.1 Å². The van der Waals surface area contributed by atoms with Crippen LogP contribution in [0.4, 0.5) is 10.1 Å². The van der Waals surface area contributed by atoms with Gasteiger partial charge in [-0.05, 0) is 37.7 Å². The lowest BCUT2D eigenvalue weighted by Crippen LogP contribution is -2.40. The van der Waals surface area contributed by atoms with E-state index in [1.54, 1.807) is 13.8 Å². The number of aliphatic imine (C=N–C) groups is 1. The maximum Gasteiger partial charge on any atom is 0.353 e. The molecule has 8 heteroatoms. The fourth-order valence-corrected chi connectivity index (χ4v) is 2.58. The number of hydrogen-bond donors (Lipinski definition) is 0. The monoisotopic (exact) mass is 356 g/mol. The molecule has 0 amide bonds. The highest BCUT2D eigenvalue weighted by atomic mass is 35.5. The molecule has 122 valence electrons. The maximum absolute atomic E-state index is 13.7. The molecule has 1 aliphatic heterocycles. The Balaban J connectivity index is 2.36. The highest BCUT2D eigenvalue weighted by Gasteiger charge is 2.47. The Morgan fingerprint density at radius 2 is 2.35 bits per heavy atom. The Kier molecular flexibility index (Phi) is 5.46. The molecule has 2 rings (SSSR count). The Bertz CT molecular complexity index is 719. The number of rotatable bonds is 5. The van der Waals surface area contributed by atoms with E-state index in [9.17, 15) is 9.18 Å². The fraction of sp³-hybridized carbons (Fsp3) is 0.400. The van der Waals surface area contributed by atoms with Crippen LogP contribution in [0.1, 0.15) is 32.3 Å². The number of esters is 1. The van der Waals surface area contributed by atoms with E-state index in [1.165, 1.54) is 6.07 Å². The number of carbonyl (C=O) groups excluding carboxylic acids is 1. The highest BCUT2D eigenvalue weighted by molar-refractivity contribution is 7.78. The number of ether oxygens (including phenoxy) is 1. The molecular weight excluding hydrogens is 343 g/mol. The number of hydrogen-bond acceptors (Lipinski definition) is 6. The second-order valence-corrected chi connectivity index (χ2v) is 5.45. The standard InChI is InChI=1S/C15H14ClFN2O3S/c1-3-15(14(20)21-4-2)7-13(19-22-15)9-5-12(18-8-23)11(17)6-10(9)16/h5-6H,3-4,7H2,1-2H3. The van der Waals surface area contributed by atoms with Crippen LogP contribution in [0.25, 0.3) is 0 Å². The lowest BCUT2D eigenvalue weighted by molar-refractivity contribution is -0.169. The average Bonchev–Trinajstić information content (AvgIpc) is 2.96. The molecule has 1 atom stereocenters. The summed E-state index contributed by atoms with van der Waals surface area (Å²) in [4.78, 5) is 21.1. The first-order valence-electron chi connectivity index (χ1n) is 6.97. The predicted molar refractivity (Wildman–Crippen MR) is 88.0 cm³/mol. The van der Waals surface area contributed by atoms with Crippen molar-refractivity contribution in [1.82, 2.24) is 0 Å². The van der Waals surface area contributed by atoms with Crippen LogP contribution in [-0.4, -0.2) is 29.1 Å². The molecule has 5 nitrogen and oxygen atoms in total. The van der Waals surface area contributed by atoms with Gasteiger partial charge in [0.15, 0.2) is 5.82 Å². The van der Waals surface area contributed by atoms with Gasteiger partial charge in [0.05, 0.1) is 22.5 Å². The van der Waals surface area contributed by atoms with Crippen LogP contribution in [0.2, 0.25) is 5.02 Å². The molecule has 23 heavy (non-hydrogen) atoms. The van der Waals surface area contributed by atoms with E-state index in [0.29, 0.717) is 17.7 Å². The van der Waals surface area contributed by atoms with Crippen LogP contribution in [-0.2, 0) is 14.4 Å². The number of isothiocyanates is 1. The summed E-state index contributed by atoms with van der Waals surface area (Å²) in [6.45, 7) is 3.75. The molecule has 1 aromatic carbocycles. The van der Waals surface area contributed by atoms with E-state index in [-0.39, 0.29) is 23.7 Å². The Labute approximate surface area is 143 Å². The zero-order chi connectivity index (χ0) is 17.0. The minimum Gasteiger partial charge on any atom is -0.463 e. The zero-order valence-electron chi connectivity index (χ0n) is 12.6. The number of halogens is 2. The first kappa shape index (κ1) is 17.5. The van der Waals surface area contributed by atoms with Gasteiger partial charge in [-0.2, -0.15) is 4.99 Å². The van der Waals surface area contributed by atoms with Crippen LogP contribution in [0.5, 0.6) is 0 Å². The summed E-state index contributed by atoms with van der Waals surface area (Å²) in [5, 5.41) is 6.19. The van der Waals surface area contributed by atoms with Gasteiger partial charge < -0.3 is 9.57 Å². The van der Waals surface area contributed by atoms with Gasteiger partial charge in [-0.1, -0.05) is 23.7 Å². The molecular formula is C15H14ClFN2O3S. The maximum atomic E-state index is 13.7. The van der Waals surface area contributed by atoms with E-state index in [0.717, 1.165) is 6.07 Å². The second kappa shape index (κ2) is 7.17. The van der Waals surface area contributed by atoms with Crippen molar-refractivity contribution in [3.05, 3.63) is 28.5 Å². The van der Waals surface area contributed by atoms with Crippen molar-refractivity contribution < 1.29 is 18.8 Å². The number of carbonyl (C=O) groups is 1. The number of benzene rings is 1. The molecule has 0 saturated heterocycles. The van der Waals surface area contributed by atoms with Crippen LogP contribution in [0.15, 0.2) is 22.3 Å². The molecule has 0 radical (unpaired) electrons. The number of thiocarbonyl (C=S) groups is 1. The van der Waals surface area contributed by atoms with Crippen molar-refractivity contribution in [1.29, 1.82) is 0 Å². The Morgan fingerprint density at radius 3 is 2.96 bits per heavy atom. The quantitative estimate of drug-likeness (QED) is 0.453. The minimum atomic E-state index is -1.18. The van der Waals surface area contributed by atoms with Crippen LogP contribution >= 0.6 is 23.8 Å². The van der Waals surface area contributed by atoms with Gasteiger partial charge in [-0.25, -0.2) is 9.18 Å². The molecule has 1 aromatic rings. The van der Waals surface area contributed by atoms with Crippen LogP contribution in [0.3, 0.4) is 0 Å². The van der Waals surface area contributed by atoms with Gasteiger partial charge in [-0.15, -0.1) is 0 Å². The molecule has 0 saturated carbocycles. The highest BCUT2D eigenvalue weighted by Crippen LogP contribution is 2.35. The van der Waals surface area contributed by atoms with Crippen LogP contribution in [0, 0.1) is 5.82 Å². The first-order valence-corrected chi connectivity index (χ1v) is 7.75. The summed E-state index contributed by atoms with van der Waals surface area (Å²) in [5.41, 5.74) is -0.342.